The molecular weight excluding hydrogens is 258 g/mol. The third-order valence-electron chi connectivity index (χ3n) is 3.15. The van der Waals surface area contributed by atoms with E-state index in [1.54, 1.807) is 0 Å². The first-order valence-corrected chi connectivity index (χ1v) is 7.67. The van der Waals surface area contributed by atoms with Crippen molar-refractivity contribution in [2.24, 2.45) is 0 Å². The second-order valence-electron chi connectivity index (χ2n) is 4.37. The van der Waals surface area contributed by atoms with Crippen LogP contribution in [-0.2, 0) is 24.3 Å². The summed E-state index contributed by atoms with van der Waals surface area (Å²) in [5.41, 5.74) is 0. The minimum absolute atomic E-state index is 0.0778. The van der Waals surface area contributed by atoms with Gasteiger partial charge in [-0.3, -0.25) is 4.79 Å². The van der Waals surface area contributed by atoms with Gasteiger partial charge in [0.2, 0.25) is 10.0 Å². The van der Waals surface area contributed by atoms with Gasteiger partial charge in [0.05, 0.1) is 19.5 Å². The normalized spacial score (nSPS) is 17.3. The number of esters is 1. The zero-order valence-corrected chi connectivity index (χ0v) is 11.7. The second kappa shape index (κ2) is 7.06. The van der Waals surface area contributed by atoms with Crippen LogP contribution in [-0.4, -0.2) is 57.9 Å². The molecule has 0 aromatic rings. The Hall–Kier alpha value is -0.660. The number of rotatable bonds is 7. The lowest BCUT2D eigenvalue weighted by molar-refractivity contribution is -0.141. The van der Waals surface area contributed by atoms with Crippen molar-refractivity contribution < 1.29 is 22.7 Å². The molecular formula is C11H21NO5S. The molecule has 1 aliphatic rings. The van der Waals surface area contributed by atoms with Gasteiger partial charge in [0.25, 0.3) is 0 Å². The predicted molar refractivity (Wildman–Crippen MR) is 66.6 cm³/mol. The molecule has 1 rings (SSSR count). The summed E-state index contributed by atoms with van der Waals surface area (Å²) in [6, 6.07) is -0.0778. The first-order valence-electron chi connectivity index (χ1n) is 6.06. The van der Waals surface area contributed by atoms with Crippen LogP contribution in [0.2, 0.25) is 0 Å². The van der Waals surface area contributed by atoms with Crippen molar-refractivity contribution in [3.63, 3.8) is 0 Å². The fourth-order valence-corrected chi connectivity index (χ4v) is 3.72. The highest BCUT2D eigenvalue weighted by Crippen LogP contribution is 2.25. The van der Waals surface area contributed by atoms with E-state index in [9.17, 15) is 13.2 Å². The number of hydrogen-bond donors (Lipinski definition) is 0. The van der Waals surface area contributed by atoms with Crippen LogP contribution in [0.1, 0.15) is 25.7 Å². The lowest BCUT2D eigenvalue weighted by atomic mass is 10.2. The molecule has 0 aromatic carbocycles. The van der Waals surface area contributed by atoms with E-state index < -0.39 is 16.0 Å². The van der Waals surface area contributed by atoms with E-state index in [1.165, 1.54) is 18.5 Å². The average Bonchev–Trinajstić information content (AvgIpc) is 2.86. The van der Waals surface area contributed by atoms with E-state index in [0.717, 1.165) is 25.7 Å². The molecule has 0 aromatic heterocycles. The Labute approximate surface area is 108 Å². The van der Waals surface area contributed by atoms with Gasteiger partial charge in [0.15, 0.2) is 0 Å². The minimum atomic E-state index is -3.47. The van der Waals surface area contributed by atoms with Gasteiger partial charge in [-0.25, -0.2) is 8.42 Å². The summed E-state index contributed by atoms with van der Waals surface area (Å²) in [6.45, 7) is -0.0695. The van der Waals surface area contributed by atoms with Crippen LogP contribution in [0, 0.1) is 0 Å². The largest absolute Gasteiger partial charge is 0.468 e. The molecule has 1 fully saturated rings. The van der Waals surface area contributed by atoms with Gasteiger partial charge < -0.3 is 9.47 Å². The van der Waals surface area contributed by atoms with Crippen molar-refractivity contribution in [3.8, 4) is 0 Å². The quantitative estimate of drug-likeness (QED) is 0.630. The second-order valence-corrected chi connectivity index (χ2v) is 6.41. The van der Waals surface area contributed by atoms with E-state index in [4.69, 9.17) is 4.74 Å². The first-order chi connectivity index (χ1) is 8.51. The Morgan fingerprint density at radius 1 is 1.28 bits per heavy atom. The molecule has 0 bridgehead atoms. The predicted octanol–water partition coefficient (Wildman–Crippen LogP) is 0.380. The van der Waals surface area contributed by atoms with Gasteiger partial charge in [-0.15, -0.1) is 0 Å². The molecule has 1 aliphatic carbocycles. The van der Waals surface area contributed by atoms with Crippen molar-refractivity contribution in [1.29, 1.82) is 0 Å². The Kier molecular flexibility index (Phi) is 6.04. The summed E-state index contributed by atoms with van der Waals surface area (Å²) >= 11 is 0. The van der Waals surface area contributed by atoms with Gasteiger partial charge in [-0.2, -0.15) is 4.31 Å². The molecule has 0 N–H and O–H groups in total. The lowest BCUT2D eigenvalue weighted by Gasteiger charge is -2.26. The number of sulfonamides is 1. The maximum atomic E-state index is 12.2. The fourth-order valence-electron chi connectivity index (χ4n) is 2.14. The SMILES string of the molecule is COCCS(=O)(=O)N(CC(=O)OC)C1CCCC1. The molecule has 18 heavy (non-hydrogen) atoms. The van der Waals surface area contributed by atoms with E-state index in [1.807, 2.05) is 0 Å². The smallest absolute Gasteiger partial charge is 0.321 e. The van der Waals surface area contributed by atoms with E-state index in [0.29, 0.717) is 0 Å². The summed E-state index contributed by atoms with van der Waals surface area (Å²) in [4.78, 5) is 11.3. The van der Waals surface area contributed by atoms with Crippen LogP contribution in [0.25, 0.3) is 0 Å². The highest BCUT2D eigenvalue weighted by atomic mass is 32.2. The molecule has 0 spiro atoms. The molecule has 7 heteroatoms. The zero-order chi connectivity index (χ0) is 13.6. The Bertz CT molecular complexity index is 362. The third kappa shape index (κ3) is 4.22. The Morgan fingerprint density at radius 2 is 1.89 bits per heavy atom. The zero-order valence-electron chi connectivity index (χ0n) is 10.9. The minimum Gasteiger partial charge on any atom is -0.468 e. The van der Waals surface area contributed by atoms with Gasteiger partial charge in [-0.1, -0.05) is 12.8 Å². The van der Waals surface area contributed by atoms with Gasteiger partial charge in [0, 0.05) is 13.2 Å². The lowest BCUT2D eigenvalue weighted by Crippen LogP contribution is -2.44. The fraction of sp³-hybridized carbons (Fsp3) is 0.909. The molecule has 6 nitrogen and oxygen atoms in total. The maximum Gasteiger partial charge on any atom is 0.321 e. The number of methoxy groups -OCH3 is 2. The molecule has 0 radical (unpaired) electrons. The summed E-state index contributed by atoms with van der Waals surface area (Å²) in [6.07, 6.45) is 3.62. The number of nitrogens with zero attached hydrogens (tertiary/aromatic N) is 1. The Balaban J connectivity index is 2.78. The highest BCUT2D eigenvalue weighted by molar-refractivity contribution is 7.89. The molecule has 0 saturated heterocycles. The highest BCUT2D eigenvalue weighted by Gasteiger charge is 2.33. The van der Waals surface area contributed by atoms with Crippen molar-refractivity contribution in [1.82, 2.24) is 4.31 Å². The summed E-state index contributed by atoms with van der Waals surface area (Å²) in [5.74, 6) is -0.625. The molecule has 0 heterocycles. The van der Waals surface area contributed by atoms with E-state index in [2.05, 4.69) is 4.74 Å². The monoisotopic (exact) mass is 279 g/mol. The van der Waals surface area contributed by atoms with Gasteiger partial charge in [0.1, 0.15) is 6.54 Å². The van der Waals surface area contributed by atoms with Crippen LogP contribution in [0.5, 0.6) is 0 Å². The average molecular weight is 279 g/mol. The standard InChI is InChI=1S/C11H21NO5S/c1-16-7-8-18(14,15)12(9-11(13)17-2)10-5-3-4-6-10/h10H,3-9H2,1-2H3. The first kappa shape index (κ1) is 15.4. The number of carbonyl (C=O) groups excluding carboxylic acids is 1. The maximum absolute atomic E-state index is 12.2. The molecule has 0 aliphatic heterocycles. The number of ether oxygens (including phenoxy) is 2. The van der Waals surface area contributed by atoms with E-state index in [-0.39, 0.29) is 24.9 Å². The number of carbonyl (C=O) groups is 1. The summed E-state index contributed by atoms with van der Waals surface area (Å²) in [7, 11) is -0.751. The number of hydrogen-bond acceptors (Lipinski definition) is 5. The molecule has 1 saturated carbocycles. The van der Waals surface area contributed by atoms with Crippen molar-refractivity contribution in [2.45, 2.75) is 31.7 Å². The van der Waals surface area contributed by atoms with Crippen LogP contribution in [0.15, 0.2) is 0 Å². The van der Waals surface area contributed by atoms with E-state index >= 15 is 0 Å². The summed E-state index contributed by atoms with van der Waals surface area (Å²) in [5, 5.41) is 0. The topological polar surface area (TPSA) is 72.9 Å². The molecule has 0 atom stereocenters. The van der Waals surface area contributed by atoms with Crippen molar-refractivity contribution >= 4 is 16.0 Å². The van der Waals surface area contributed by atoms with Crippen molar-refractivity contribution in [2.75, 3.05) is 33.1 Å². The summed E-state index contributed by atoms with van der Waals surface area (Å²) < 4.78 is 35.0. The van der Waals surface area contributed by atoms with Crippen LogP contribution in [0.3, 0.4) is 0 Å². The van der Waals surface area contributed by atoms with Crippen LogP contribution < -0.4 is 0 Å². The third-order valence-corrected chi connectivity index (χ3v) is 4.97. The van der Waals surface area contributed by atoms with Crippen LogP contribution in [0.4, 0.5) is 0 Å². The van der Waals surface area contributed by atoms with Crippen LogP contribution >= 0.6 is 0 Å². The molecule has 106 valence electrons. The molecule has 0 unspecified atom stereocenters. The van der Waals surface area contributed by atoms with Gasteiger partial charge in [-0.05, 0) is 12.8 Å². The Morgan fingerprint density at radius 3 is 2.39 bits per heavy atom. The van der Waals surface area contributed by atoms with Gasteiger partial charge >= 0.3 is 5.97 Å². The molecule has 0 amide bonds. The van der Waals surface area contributed by atoms with Crippen molar-refractivity contribution in [3.05, 3.63) is 0 Å².